The SMILES string of the molecule is Cc1cncc(-c2cccc(OCc3ccc(C(=O)CC4CC(C)(C)NC(C)(C)C4)cc3)c2)c1. The molecule has 4 rings (SSSR count). The maximum Gasteiger partial charge on any atom is 0.163 e. The Labute approximate surface area is 203 Å². The fraction of sp³-hybridized carbons (Fsp3) is 0.400. The molecule has 1 N–H and O–H groups in total. The van der Waals surface area contributed by atoms with Crippen molar-refractivity contribution >= 4 is 5.78 Å². The molecular formula is C30H36N2O2. The summed E-state index contributed by atoms with van der Waals surface area (Å²) in [7, 11) is 0. The number of Topliss-reactive ketones (excluding diaryl/α,β-unsaturated/α-hetero) is 1. The lowest BCUT2D eigenvalue weighted by atomic mass is 9.74. The van der Waals surface area contributed by atoms with Crippen molar-refractivity contribution in [1.82, 2.24) is 10.3 Å². The number of piperidine rings is 1. The molecule has 2 heterocycles. The van der Waals surface area contributed by atoms with Crippen LogP contribution in [0.25, 0.3) is 11.1 Å². The lowest BCUT2D eigenvalue weighted by Crippen LogP contribution is -2.57. The van der Waals surface area contributed by atoms with Gasteiger partial charge in [0.1, 0.15) is 12.4 Å². The average molecular weight is 457 g/mol. The van der Waals surface area contributed by atoms with E-state index >= 15 is 0 Å². The number of aromatic nitrogens is 1. The van der Waals surface area contributed by atoms with E-state index in [-0.39, 0.29) is 16.9 Å². The number of nitrogens with one attached hydrogen (secondary N) is 1. The number of ether oxygens (including phenoxy) is 1. The van der Waals surface area contributed by atoms with Crippen LogP contribution in [0.1, 0.15) is 68.4 Å². The van der Waals surface area contributed by atoms with E-state index in [2.05, 4.69) is 50.1 Å². The first-order valence-corrected chi connectivity index (χ1v) is 12.1. The number of nitrogens with zero attached hydrogens (tertiary/aromatic N) is 1. The van der Waals surface area contributed by atoms with Gasteiger partial charge in [0.15, 0.2) is 5.78 Å². The summed E-state index contributed by atoms with van der Waals surface area (Å²) >= 11 is 0. The van der Waals surface area contributed by atoms with Gasteiger partial charge < -0.3 is 10.1 Å². The van der Waals surface area contributed by atoms with Crippen LogP contribution in [0.2, 0.25) is 0 Å². The third-order valence-electron chi connectivity index (χ3n) is 6.47. The Morgan fingerprint density at radius 2 is 1.68 bits per heavy atom. The minimum absolute atomic E-state index is 0.0566. The number of pyridine rings is 1. The molecule has 0 spiro atoms. The van der Waals surface area contributed by atoms with Crippen LogP contribution in [0.3, 0.4) is 0 Å². The highest BCUT2D eigenvalue weighted by Gasteiger charge is 2.38. The van der Waals surface area contributed by atoms with Crippen LogP contribution in [0, 0.1) is 12.8 Å². The number of rotatable bonds is 7. The average Bonchev–Trinajstić information content (AvgIpc) is 2.76. The van der Waals surface area contributed by atoms with Crippen molar-refractivity contribution in [2.75, 3.05) is 0 Å². The van der Waals surface area contributed by atoms with Crippen molar-refractivity contribution in [3.8, 4) is 16.9 Å². The van der Waals surface area contributed by atoms with Crippen LogP contribution in [-0.4, -0.2) is 21.8 Å². The zero-order valence-electron chi connectivity index (χ0n) is 21.0. The molecule has 1 aliphatic heterocycles. The summed E-state index contributed by atoms with van der Waals surface area (Å²) in [5.41, 5.74) is 5.23. The lowest BCUT2D eigenvalue weighted by molar-refractivity contribution is 0.0864. The Bertz CT molecular complexity index is 1130. The third kappa shape index (κ3) is 6.32. The molecule has 1 saturated heterocycles. The van der Waals surface area contributed by atoms with E-state index in [1.807, 2.05) is 61.8 Å². The summed E-state index contributed by atoms with van der Waals surface area (Å²) in [5, 5.41) is 3.70. The van der Waals surface area contributed by atoms with E-state index < -0.39 is 0 Å². The molecule has 3 aromatic rings. The molecule has 2 aromatic carbocycles. The first-order chi connectivity index (χ1) is 16.1. The van der Waals surface area contributed by atoms with Crippen molar-refractivity contribution in [3.63, 3.8) is 0 Å². The number of hydrogen-bond acceptors (Lipinski definition) is 4. The monoisotopic (exact) mass is 456 g/mol. The Balaban J connectivity index is 1.35. The standard InChI is InChI=1S/C30H36N2O2/c1-21-13-26(19-31-18-21)25-7-6-8-27(15-25)34-20-22-9-11-24(12-10-22)28(33)14-23-16-29(2,3)32-30(4,5)17-23/h6-13,15,18-19,23,32H,14,16-17,20H2,1-5H3. The topological polar surface area (TPSA) is 51.2 Å². The molecule has 1 aliphatic rings. The van der Waals surface area contributed by atoms with Crippen LogP contribution in [0.4, 0.5) is 0 Å². The largest absolute Gasteiger partial charge is 0.489 e. The maximum absolute atomic E-state index is 13.0. The van der Waals surface area contributed by atoms with E-state index in [9.17, 15) is 4.79 Å². The van der Waals surface area contributed by atoms with Gasteiger partial charge in [0.05, 0.1) is 0 Å². The van der Waals surface area contributed by atoms with Crippen LogP contribution in [-0.2, 0) is 6.61 Å². The van der Waals surface area contributed by atoms with Gasteiger partial charge in [-0.2, -0.15) is 0 Å². The molecule has 0 bridgehead atoms. The van der Waals surface area contributed by atoms with Crippen LogP contribution in [0.15, 0.2) is 67.0 Å². The summed E-state index contributed by atoms with van der Waals surface area (Å²) < 4.78 is 6.04. The number of hydrogen-bond donors (Lipinski definition) is 1. The maximum atomic E-state index is 13.0. The molecule has 0 unspecified atom stereocenters. The molecule has 34 heavy (non-hydrogen) atoms. The van der Waals surface area contributed by atoms with Gasteiger partial charge in [0.25, 0.3) is 0 Å². The summed E-state index contributed by atoms with van der Waals surface area (Å²) in [6.45, 7) is 11.4. The summed E-state index contributed by atoms with van der Waals surface area (Å²) in [4.78, 5) is 17.3. The van der Waals surface area contributed by atoms with Gasteiger partial charge in [0, 0.05) is 41.0 Å². The first-order valence-electron chi connectivity index (χ1n) is 12.1. The number of carbonyl (C=O) groups excluding carboxylic acids is 1. The molecule has 0 aliphatic carbocycles. The van der Waals surface area contributed by atoms with Crippen LogP contribution < -0.4 is 10.1 Å². The van der Waals surface area contributed by atoms with E-state index in [1.165, 1.54) is 0 Å². The van der Waals surface area contributed by atoms with E-state index in [0.717, 1.165) is 46.4 Å². The normalized spacial score (nSPS) is 17.3. The lowest BCUT2D eigenvalue weighted by Gasteiger charge is -2.46. The number of aryl methyl sites for hydroxylation is 1. The molecule has 178 valence electrons. The molecule has 0 saturated carbocycles. The van der Waals surface area contributed by atoms with Gasteiger partial charge >= 0.3 is 0 Å². The molecule has 0 amide bonds. The van der Waals surface area contributed by atoms with Crippen molar-refractivity contribution < 1.29 is 9.53 Å². The molecule has 0 atom stereocenters. The number of ketones is 1. The van der Waals surface area contributed by atoms with E-state index in [1.54, 1.807) is 0 Å². The van der Waals surface area contributed by atoms with Gasteiger partial charge in [-0.1, -0.05) is 36.4 Å². The fourth-order valence-electron chi connectivity index (χ4n) is 5.49. The van der Waals surface area contributed by atoms with Gasteiger partial charge in [0.2, 0.25) is 0 Å². The Hall–Kier alpha value is -2.98. The molecule has 4 nitrogen and oxygen atoms in total. The molecule has 1 aromatic heterocycles. The second-order valence-corrected chi connectivity index (χ2v) is 11.1. The first kappa shape index (κ1) is 24.2. The molecule has 1 fully saturated rings. The van der Waals surface area contributed by atoms with E-state index in [0.29, 0.717) is 18.9 Å². The van der Waals surface area contributed by atoms with E-state index in [4.69, 9.17) is 4.74 Å². The summed E-state index contributed by atoms with van der Waals surface area (Å²) in [6.07, 6.45) is 6.36. The van der Waals surface area contributed by atoms with Crippen LogP contribution in [0.5, 0.6) is 5.75 Å². The minimum atomic E-state index is 0.0566. The van der Waals surface area contributed by atoms with Crippen molar-refractivity contribution in [3.05, 3.63) is 83.7 Å². The minimum Gasteiger partial charge on any atom is -0.489 e. The fourth-order valence-corrected chi connectivity index (χ4v) is 5.49. The summed E-state index contributed by atoms with van der Waals surface area (Å²) in [6, 6.07) is 18.1. The smallest absolute Gasteiger partial charge is 0.163 e. The molecule has 0 radical (unpaired) electrons. The predicted octanol–water partition coefficient (Wildman–Crippen LogP) is 6.77. The molecular weight excluding hydrogens is 420 g/mol. The summed E-state index contributed by atoms with van der Waals surface area (Å²) in [5.74, 6) is 1.44. The quantitative estimate of drug-likeness (QED) is 0.399. The van der Waals surface area contributed by atoms with Crippen LogP contribution >= 0.6 is 0 Å². The molecule has 4 heteroatoms. The van der Waals surface area contributed by atoms with Crippen molar-refractivity contribution in [1.29, 1.82) is 0 Å². The Morgan fingerprint density at radius 1 is 0.971 bits per heavy atom. The second-order valence-electron chi connectivity index (χ2n) is 11.1. The number of benzene rings is 2. The predicted molar refractivity (Wildman–Crippen MR) is 138 cm³/mol. The zero-order chi connectivity index (χ0) is 24.3. The van der Waals surface area contributed by atoms with Crippen molar-refractivity contribution in [2.24, 2.45) is 5.92 Å². The van der Waals surface area contributed by atoms with Gasteiger partial charge in [-0.15, -0.1) is 0 Å². The second kappa shape index (κ2) is 9.71. The Morgan fingerprint density at radius 3 is 2.35 bits per heavy atom. The van der Waals surface area contributed by atoms with Gasteiger partial charge in [-0.25, -0.2) is 0 Å². The Kier molecular flexibility index (Phi) is 6.90. The number of carbonyl (C=O) groups is 1. The van der Waals surface area contributed by atoms with Gasteiger partial charge in [-0.3, -0.25) is 9.78 Å². The highest BCUT2D eigenvalue weighted by Crippen LogP contribution is 2.35. The van der Waals surface area contributed by atoms with Crippen molar-refractivity contribution in [2.45, 2.75) is 71.6 Å². The highest BCUT2D eigenvalue weighted by atomic mass is 16.5. The zero-order valence-corrected chi connectivity index (χ0v) is 21.0. The van der Waals surface area contributed by atoms with Gasteiger partial charge in [-0.05, 0) is 88.3 Å². The third-order valence-corrected chi connectivity index (χ3v) is 6.47. The highest BCUT2D eigenvalue weighted by molar-refractivity contribution is 5.96.